The van der Waals surface area contributed by atoms with Crippen LogP contribution < -0.4 is 21.3 Å². The van der Waals surface area contributed by atoms with E-state index in [1.165, 1.54) is 21.9 Å². The van der Waals surface area contributed by atoms with Gasteiger partial charge >= 0.3 is 0 Å². The van der Waals surface area contributed by atoms with E-state index in [-0.39, 0.29) is 40.0 Å². The highest BCUT2D eigenvalue weighted by atomic mass is 35.5. The first-order valence-electron chi connectivity index (χ1n) is 21.3. The summed E-state index contributed by atoms with van der Waals surface area (Å²) < 4.78 is 1.52. The molecule has 0 spiro atoms. The van der Waals surface area contributed by atoms with E-state index in [0.29, 0.717) is 59.5 Å². The van der Waals surface area contributed by atoms with Crippen LogP contribution >= 0.6 is 23.2 Å². The molecule has 4 N–H and O–H groups in total. The molecule has 0 bridgehead atoms. The zero-order chi connectivity index (χ0) is 43.7. The van der Waals surface area contributed by atoms with Crippen LogP contribution in [-0.2, 0) is 22.4 Å². The van der Waals surface area contributed by atoms with Gasteiger partial charge in [-0.3, -0.25) is 29.5 Å². The fourth-order valence-corrected chi connectivity index (χ4v) is 8.70. The minimum atomic E-state index is -0.495. The number of carbonyl (C=O) groups excluding carboxylic acids is 4. The highest BCUT2D eigenvalue weighted by Gasteiger charge is 2.27. The van der Waals surface area contributed by atoms with Crippen molar-refractivity contribution in [1.82, 2.24) is 30.3 Å². The number of rotatable bonds is 15. The van der Waals surface area contributed by atoms with Crippen LogP contribution in [0.2, 0.25) is 10.0 Å². The first kappa shape index (κ1) is 43.3. The van der Waals surface area contributed by atoms with E-state index in [0.717, 1.165) is 56.6 Å². The molecule has 1 unspecified atom stereocenters. The number of benzene rings is 4. The molecule has 322 valence electrons. The van der Waals surface area contributed by atoms with Gasteiger partial charge in [0.15, 0.2) is 5.69 Å². The van der Waals surface area contributed by atoms with Gasteiger partial charge in [-0.05, 0) is 129 Å². The second-order valence-electron chi connectivity index (χ2n) is 16.0. The van der Waals surface area contributed by atoms with Gasteiger partial charge in [0.2, 0.25) is 11.8 Å². The van der Waals surface area contributed by atoms with E-state index >= 15 is 0 Å². The van der Waals surface area contributed by atoms with Crippen molar-refractivity contribution >= 4 is 58.3 Å². The number of likely N-dealkylation sites (tertiary alicyclic amines) is 1. The molecule has 12 nitrogen and oxygen atoms in total. The summed E-state index contributed by atoms with van der Waals surface area (Å²) in [4.78, 5) is 57.6. The Morgan fingerprint density at radius 3 is 2.22 bits per heavy atom. The number of nitrogens with one attached hydrogen (secondary N) is 4. The summed E-state index contributed by atoms with van der Waals surface area (Å²) in [6.07, 6.45) is 7.48. The number of nitrogens with zero attached hydrogens (tertiary/aromatic N) is 4. The number of aromatic nitrogens is 3. The number of para-hydroxylation sites is 1. The summed E-state index contributed by atoms with van der Waals surface area (Å²) >= 11 is 13.0. The molecule has 2 aliphatic heterocycles. The van der Waals surface area contributed by atoms with Gasteiger partial charge in [0.25, 0.3) is 11.8 Å². The van der Waals surface area contributed by atoms with Gasteiger partial charge in [-0.25, -0.2) is 4.68 Å². The molecule has 14 heteroatoms. The maximum Gasteiger partial charge on any atom is 0.271 e. The van der Waals surface area contributed by atoms with Crippen LogP contribution in [0.4, 0.5) is 11.5 Å². The van der Waals surface area contributed by atoms with Crippen molar-refractivity contribution in [3.63, 3.8) is 0 Å². The Balaban J connectivity index is 0.790. The normalized spacial score (nSPS) is 15.7. The quantitative estimate of drug-likeness (QED) is 0.0751. The lowest BCUT2D eigenvalue weighted by atomic mass is 9.89. The standard InChI is InChI=1S/C49H48Cl2N8O4/c50-40-30-41(51)39(29-38(40)42-10-4-5-24-52-42)47(61)55-45-31-44(57-59(45)37-8-2-1-3-9-37)48(62)53-25-21-33-13-11-32(12-14-33)7-6-26-58-27-22-35(23-28-58)34-15-17-36(18-16-34)54-43-19-20-46(60)56-49(43)63/h1-5,8-18,24,29-31,35,43,54H,6-7,19-23,25-28H2,(H,53,62)(H,55,61)(H,56,60,63). The van der Waals surface area contributed by atoms with Gasteiger partial charge in [-0.15, -0.1) is 0 Å². The van der Waals surface area contributed by atoms with Crippen LogP contribution in [0.15, 0.2) is 121 Å². The monoisotopic (exact) mass is 882 g/mol. The molecule has 2 saturated heterocycles. The number of halogens is 2. The maximum absolute atomic E-state index is 13.7. The van der Waals surface area contributed by atoms with Crippen molar-refractivity contribution in [1.29, 1.82) is 0 Å². The smallest absolute Gasteiger partial charge is 0.271 e. The zero-order valence-corrected chi connectivity index (χ0v) is 36.2. The van der Waals surface area contributed by atoms with Crippen LogP contribution in [0, 0.1) is 0 Å². The molecular weight excluding hydrogens is 835 g/mol. The zero-order valence-electron chi connectivity index (χ0n) is 34.7. The molecule has 2 fully saturated rings. The fraction of sp³-hybridized carbons (Fsp3) is 0.265. The minimum Gasteiger partial charge on any atom is -0.374 e. The maximum atomic E-state index is 13.7. The molecule has 6 aromatic rings. The lowest BCUT2D eigenvalue weighted by Gasteiger charge is -2.32. The highest BCUT2D eigenvalue weighted by molar-refractivity contribution is 6.38. The molecule has 8 rings (SSSR count). The number of aryl methyl sites for hydroxylation is 1. The van der Waals surface area contributed by atoms with Gasteiger partial charge in [0, 0.05) is 36.5 Å². The van der Waals surface area contributed by atoms with Crippen molar-refractivity contribution in [2.75, 3.05) is 36.8 Å². The van der Waals surface area contributed by atoms with E-state index in [1.807, 2.05) is 48.5 Å². The van der Waals surface area contributed by atoms with Crippen LogP contribution in [0.3, 0.4) is 0 Å². The number of pyridine rings is 1. The van der Waals surface area contributed by atoms with Gasteiger partial charge < -0.3 is 20.9 Å². The fourth-order valence-electron chi connectivity index (χ4n) is 8.14. The highest BCUT2D eigenvalue weighted by Crippen LogP contribution is 2.33. The molecule has 0 radical (unpaired) electrons. The second-order valence-corrected chi connectivity index (χ2v) is 16.8. The number of hydrogen-bond acceptors (Lipinski definition) is 8. The molecular formula is C49H48Cl2N8O4. The van der Waals surface area contributed by atoms with Crippen molar-refractivity contribution < 1.29 is 19.2 Å². The van der Waals surface area contributed by atoms with Crippen LogP contribution in [0.5, 0.6) is 0 Å². The number of piperidine rings is 2. The topological polar surface area (TPSA) is 150 Å². The Hall–Kier alpha value is -6.34. The van der Waals surface area contributed by atoms with Crippen molar-refractivity contribution in [3.8, 4) is 16.9 Å². The van der Waals surface area contributed by atoms with E-state index in [9.17, 15) is 19.2 Å². The number of hydrogen-bond donors (Lipinski definition) is 4. The van der Waals surface area contributed by atoms with Crippen molar-refractivity contribution in [3.05, 3.63) is 159 Å². The SMILES string of the molecule is O=C1CCC(Nc2ccc(C3CCN(CCCc4ccc(CCNC(=O)c5cc(NC(=O)c6cc(-c7ccccn7)c(Cl)cc6Cl)n(-c6ccccc6)n5)cc4)CC3)cc2)C(=O)N1. The summed E-state index contributed by atoms with van der Waals surface area (Å²) in [6.45, 7) is 3.61. The summed E-state index contributed by atoms with van der Waals surface area (Å²) in [6, 6.07) is 36.0. The second kappa shape index (κ2) is 20.2. The lowest BCUT2D eigenvalue weighted by molar-refractivity contribution is -0.133. The van der Waals surface area contributed by atoms with E-state index in [1.54, 1.807) is 30.5 Å². The number of imide groups is 1. The first-order chi connectivity index (χ1) is 30.7. The first-order valence-corrected chi connectivity index (χ1v) is 22.1. The third-order valence-corrected chi connectivity index (χ3v) is 12.3. The molecule has 4 amide bonds. The predicted molar refractivity (Wildman–Crippen MR) is 247 cm³/mol. The Morgan fingerprint density at radius 2 is 1.51 bits per heavy atom. The number of anilines is 2. The van der Waals surface area contributed by atoms with Gasteiger partial charge in [0.1, 0.15) is 11.9 Å². The third kappa shape index (κ3) is 11.0. The molecule has 0 saturated carbocycles. The largest absolute Gasteiger partial charge is 0.374 e. The van der Waals surface area contributed by atoms with E-state index in [2.05, 4.69) is 72.6 Å². The molecule has 4 heterocycles. The Kier molecular flexibility index (Phi) is 13.9. The third-order valence-electron chi connectivity index (χ3n) is 11.6. The molecule has 0 aliphatic carbocycles. The summed E-state index contributed by atoms with van der Waals surface area (Å²) in [5.41, 5.74) is 6.80. The average molecular weight is 884 g/mol. The summed E-state index contributed by atoms with van der Waals surface area (Å²) in [5.74, 6) is -0.504. The molecule has 2 aromatic heterocycles. The van der Waals surface area contributed by atoms with Gasteiger partial charge in [-0.2, -0.15) is 5.10 Å². The van der Waals surface area contributed by atoms with Gasteiger partial charge in [-0.1, -0.05) is 83.9 Å². The van der Waals surface area contributed by atoms with Gasteiger partial charge in [0.05, 0.1) is 27.0 Å². The number of carbonyl (C=O) groups is 4. The predicted octanol–water partition coefficient (Wildman–Crippen LogP) is 8.50. The molecule has 1 atom stereocenters. The van der Waals surface area contributed by atoms with Crippen molar-refractivity contribution in [2.45, 2.75) is 56.9 Å². The van der Waals surface area contributed by atoms with Crippen LogP contribution in [0.1, 0.15) is 75.6 Å². The van der Waals surface area contributed by atoms with E-state index in [4.69, 9.17) is 23.2 Å². The van der Waals surface area contributed by atoms with Crippen LogP contribution in [0.25, 0.3) is 16.9 Å². The molecule has 63 heavy (non-hydrogen) atoms. The lowest BCUT2D eigenvalue weighted by Crippen LogP contribution is -2.47. The Morgan fingerprint density at radius 1 is 0.778 bits per heavy atom. The number of amides is 4. The molecule has 2 aliphatic rings. The van der Waals surface area contributed by atoms with E-state index < -0.39 is 5.91 Å². The van der Waals surface area contributed by atoms with Crippen molar-refractivity contribution in [2.24, 2.45) is 0 Å². The average Bonchev–Trinajstić information content (AvgIpc) is 3.72. The summed E-state index contributed by atoms with van der Waals surface area (Å²) in [5, 5.41) is 16.6. The molecule has 4 aromatic carbocycles. The Labute approximate surface area is 376 Å². The minimum absolute atomic E-state index is 0.153. The summed E-state index contributed by atoms with van der Waals surface area (Å²) in [7, 11) is 0. The van der Waals surface area contributed by atoms with Crippen LogP contribution in [-0.4, -0.2) is 75.5 Å². The Bertz CT molecular complexity index is 2560.